The van der Waals surface area contributed by atoms with Crippen LogP contribution >= 0.6 is 11.3 Å². The summed E-state index contributed by atoms with van der Waals surface area (Å²) in [6.07, 6.45) is 5.98. The number of methoxy groups -OCH3 is 1. The third kappa shape index (κ3) is 4.37. The normalized spacial score (nSPS) is 18.8. The zero-order chi connectivity index (χ0) is 23.8. The van der Waals surface area contributed by atoms with Crippen molar-refractivity contribution in [2.24, 2.45) is 5.92 Å². The molecular weight excluding hydrogens is 462 g/mol. The molecule has 9 nitrogen and oxygen atoms in total. The highest BCUT2D eigenvalue weighted by atomic mass is 32.1. The van der Waals surface area contributed by atoms with Gasteiger partial charge in [-0.3, -0.25) is 14.8 Å². The number of rotatable bonds is 6. The van der Waals surface area contributed by atoms with E-state index in [0.717, 1.165) is 91.2 Å². The maximum atomic E-state index is 13.3. The van der Waals surface area contributed by atoms with Gasteiger partial charge in [-0.25, -0.2) is 9.97 Å². The molecule has 2 aliphatic rings. The lowest BCUT2D eigenvalue weighted by Crippen LogP contribution is -2.51. The number of carbonyl (C=O) groups is 1. The summed E-state index contributed by atoms with van der Waals surface area (Å²) in [5.74, 6) is 1.18. The Morgan fingerprint density at radius 1 is 1.26 bits per heavy atom. The van der Waals surface area contributed by atoms with Crippen LogP contribution < -0.4 is 5.32 Å². The molecule has 35 heavy (non-hydrogen) atoms. The summed E-state index contributed by atoms with van der Waals surface area (Å²) in [5, 5.41) is 12.7. The van der Waals surface area contributed by atoms with Gasteiger partial charge in [0.05, 0.1) is 23.7 Å². The van der Waals surface area contributed by atoms with Crippen molar-refractivity contribution in [2.45, 2.75) is 19.3 Å². The maximum Gasteiger partial charge on any atom is 0.226 e. The molecule has 1 aromatic carbocycles. The number of aryl methyl sites for hydroxylation is 1. The summed E-state index contributed by atoms with van der Waals surface area (Å²) >= 11 is 1.71. The second kappa shape index (κ2) is 9.52. The van der Waals surface area contributed by atoms with Gasteiger partial charge < -0.3 is 15.0 Å². The average molecular weight is 492 g/mol. The van der Waals surface area contributed by atoms with Gasteiger partial charge in [-0.05, 0) is 43.0 Å². The minimum absolute atomic E-state index is 0.0500. The minimum atomic E-state index is 0.0500. The lowest BCUT2D eigenvalue weighted by atomic mass is 9.86. The summed E-state index contributed by atoms with van der Waals surface area (Å²) in [5.41, 5.74) is 3.27. The van der Waals surface area contributed by atoms with Crippen LogP contribution in [0.3, 0.4) is 0 Å². The van der Waals surface area contributed by atoms with Gasteiger partial charge in [-0.1, -0.05) is 0 Å². The standard InChI is InChI=1S/C25H29N7O2S/c1-34-11-10-31-6-8-32(9-7-31)25(33)16-2-4-19-21(13-16)35-24-22(19)23(26-15-27-24)29-18-3-5-20-17(12-18)14-28-30-20/h3,5,12,14-16H,2,4,6-11,13H2,1H3,(H,28,30)(H,26,27,29)/t16-/m0/s1. The maximum absolute atomic E-state index is 13.3. The van der Waals surface area contributed by atoms with Crippen molar-refractivity contribution in [2.75, 3.05) is 51.8 Å². The first kappa shape index (κ1) is 22.4. The minimum Gasteiger partial charge on any atom is -0.383 e. The highest BCUT2D eigenvalue weighted by Gasteiger charge is 2.32. The number of anilines is 2. The Balaban J connectivity index is 1.18. The molecule has 182 valence electrons. The average Bonchev–Trinajstić information content (AvgIpc) is 3.51. The number of fused-ring (bicyclic) bond motifs is 4. The molecule has 0 bridgehead atoms. The number of amides is 1. The number of nitrogens with one attached hydrogen (secondary N) is 2. The molecule has 3 aromatic heterocycles. The summed E-state index contributed by atoms with van der Waals surface area (Å²) in [6, 6.07) is 6.10. The molecule has 0 radical (unpaired) electrons. The first-order valence-electron chi connectivity index (χ1n) is 12.1. The van der Waals surface area contributed by atoms with Crippen molar-refractivity contribution in [1.82, 2.24) is 30.0 Å². The van der Waals surface area contributed by atoms with Crippen molar-refractivity contribution in [1.29, 1.82) is 0 Å². The Morgan fingerprint density at radius 2 is 2.14 bits per heavy atom. The Bertz CT molecular complexity index is 1360. The number of ether oxygens (including phenoxy) is 1. The predicted octanol–water partition coefficient (Wildman–Crippen LogP) is 3.21. The molecule has 1 aliphatic heterocycles. The van der Waals surface area contributed by atoms with Gasteiger partial charge in [0.2, 0.25) is 5.91 Å². The molecular formula is C25H29N7O2S. The van der Waals surface area contributed by atoms with E-state index < -0.39 is 0 Å². The van der Waals surface area contributed by atoms with Gasteiger partial charge in [-0.2, -0.15) is 5.10 Å². The molecule has 1 atom stereocenters. The number of aromatic nitrogens is 4. The van der Waals surface area contributed by atoms with Gasteiger partial charge in [-0.15, -0.1) is 11.3 Å². The van der Waals surface area contributed by atoms with Crippen LogP contribution in [0, 0.1) is 5.92 Å². The highest BCUT2D eigenvalue weighted by Crippen LogP contribution is 2.41. The zero-order valence-electron chi connectivity index (χ0n) is 19.8. The van der Waals surface area contributed by atoms with Crippen LogP contribution in [0.25, 0.3) is 21.1 Å². The molecule has 4 heterocycles. The summed E-state index contributed by atoms with van der Waals surface area (Å²) < 4.78 is 5.19. The lowest BCUT2D eigenvalue weighted by Gasteiger charge is -2.37. The van der Waals surface area contributed by atoms with Crippen LogP contribution in [-0.2, 0) is 22.4 Å². The number of piperazine rings is 1. The number of aromatic amines is 1. The SMILES string of the molecule is COCCN1CCN(C(=O)[C@H]2CCc3c(sc4ncnc(Nc5ccc6[nH]ncc6c5)c34)C2)CC1. The van der Waals surface area contributed by atoms with E-state index in [1.165, 1.54) is 10.4 Å². The highest BCUT2D eigenvalue weighted by molar-refractivity contribution is 7.19. The molecule has 0 saturated carbocycles. The Morgan fingerprint density at radius 3 is 3.00 bits per heavy atom. The van der Waals surface area contributed by atoms with Gasteiger partial charge in [0.1, 0.15) is 17.0 Å². The smallest absolute Gasteiger partial charge is 0.226 e. The lowest BCUT2D eigenvalue weighted by molar-refractivity contribution is -0.137. The number of thiophene rings is 1. The summed E-state index contributed by atoms with van der Waals surface area (Å²) in [6.45, 7) is 5.12. The quantitative estimate of drug-likeness (QED) is 0.427. The molecule has 1 fully saturated rings. The van der Waals surface area contributed by atoms with E-state index in [0.29, 0.717) is 5.91 Å². The van der Waals surface area contributed by atoms with Crippen LogP contribution in [0.1, 0.15) is 16.9 Å². The first-order valence-corrected chi connectivity index (χ1v) is 13.0. The number of nitrogens with zero attached hydrogens (tertiary/aromatic N) is 5. The number of hydrogen-bond donors (Lipinski definition) is 2. The fourth-order valence-corrected chi connectivity index (χ4v) is 6.51. The monoisotopic (exact) mass is 491 g/mol. The molecule has 10 heteroatoms. The predicted molar refractivity (Wildman–Crippen MR) is 137 cm³/mol. The van der Waals surface area contributed by atoms with E-state index in [-0.39, 0.29) is 5.92 Å². The first-order chi connectivity index (χ1) is 17.2. The van der Waals surface area contributed by atoms with Crippen molar-refractivity contribution in [3.05, 3.63) is 41.2 Å². The number of carbonyl (C=O) groups excluding carboxylic acids is 1. The molecule has 2 N–H and O–H groups in total. The Kier molecular flexibility index (Phi) is 6.09. The van der Waals surface area contributed by atoms with E-state index in [4.69, 9.17) is 4.74 Å². The van der Waals surface area contributed by atoms with Crippen molar-refractivity contribution < 1.29 is 9.53 Å². The van der Waals surface area contributed by atoms with Crippen molar-refractivity contribution in [3.8, 4) is 0 Å². The molecule has 4 aromatic rings. The second-order valence-corrected chi connectivity index (χ2v) is 10.4. The fraction of sp³-hybridized carbons (Fsp3) is 0.440. The molecule has 1 amide bonds. The molecule has 1 saturated heterocycles. The van der Waals surface area contributed by atoms with E-state index in [2.05, 4.69) is 41.3 Å². The Hall–Kier alpha value is -3.08. The molecule has 1 aliphatic carbocycles. The van der Waals surface area contributed by atoms with Crippen LogP contribution in [0.4, 0.5) is 11.5 Å². The van der Waals surface area contributed by atoms with E-state index in [9.17, 15) is 4.79 Å². The number of hydrogen-bond acceptors (Lipinski definition) is 8. The summed E-state index contributed by atoms with van der Waals surface area (Å²) in [7, 11) is 1.73. The molecule has 6 rings (SSSR count). The van der Waals surface area contributed by atoms with E-state index in [1.54, 1.807) is 24.8 Å². The molecule has 0 unspecified atom stereocenters. The van der Waals surface area contributed by atoms with Gasteiger partial charge >= 0.3 is 0 Å². The van der Waals surface area contributed by atoms with Crippen LogP contribution in [-0.4, -0.2) is 82.3 Å². The van der Waals surface area contributed by atoms with Crippen LogP contribution in [0.5, 0.6) is 0 Å². The third-order valence-corrected chi connectivity index (χ3v) is 8.36. The van der Waals surface area contributed by atoms with E-state index in [1.807, 2.05) is 18.3 Å². The topological polar surface area (TPSA) is 99.3 Å². The van der Waals surface area contributed by atoms with Gasteiger partial charge in [0, 0.05) is 61.7 Å². The van der Waals surface area contributed by atoms with E-state index >= 15 is 0 Å². The van der Waals surface area contributed by atoms with Gasteiger partial charge in [0.15, 0.2) is 0 Å². The largest absolute Gasteiger partial charge is 0.383 e. The third-order valence-electron chi connectivity index (χ3n) is 7.19. The zero-order valence-corrected chi connectivity index (χ0v) is 20.6. The van der Waals surface area contributed by atoms with Crippen LogP contribution in [0.2, 0.25) is 0 Å². The Labute approximate surface area is 207 Å². The fourth-order valence-electron chi connectivity index (χ4n) is 5.24. The molecule has 0 spiro atoms. The van der Waals surface area contributed by atoms with Crippen molar-refractivity contribution in [3.63, 3.8) is 0 Å². The second-order valence-electron chi connectivity index (χ2n) is 9.30. The van der Waals surface area contributed by atoms with Crippen LogP contribution in [0.15, 0.2) is 30.7 Å². The number of H-pyrrole nitrogens is 1. The number of benzene rings is 1. The van der Waals surface area contributed by atoms with Gasteiger partial charge in [0.25, 0.3) is 0 Å². The van der Waals surface area contributed by atoms with Crippen molar-refractivity contribution >= 4 is 49.9 Å². The summed E-state index contributed by atoms with van der Waals surface area (Å²) in [4.78, 5) is 29.2.